The summed E-state index contributed by atoms with van der Waals surface area (Å²) in [6.45, 7) is 4.92. The summed E-state index contributed by atoms with van der Waals surface area (Å²) in [7, 11) is 0. The molecule has 1 aromatic heterocycles. The first-order chi connectivity index (χ1) is 10.1. The lowest BCUT2D eigenvalue weighted by molar-refractivity contribution is 0.102. The fraction of sp³-hybridized carbons (Fsp3) is 0.250. The van der Waals surface area contributed by atoms with Crippen molar-refractivity contribution in [2.45, 2.75) is 19.9 Å². The predicted octanol–water partition coefficient (Wildman–Crippen LogP) is 2.30. The van der Waals surface area contributed by atoms with Crippen molar-refractivity contribution in [1.29, 1.82) is 0 Å². The highest BCUT2D eigenvalue weighted by Crippen LogP contribution is 2.22. The number of benzene rings is 1. The Bertz CT molecular complexity index is 679. The summed E-state index contributed by atoms with van der Waals surface area (Å²) >= 11 is 0. The number of pyridine rings is 1. The van der Waals surface area contributed by atoms with E-state index in [4.69, 9.17) is 0 Å². The van der Waals surface area contributed by atoms with Gasteiger partial charge in [0.25, 0.3) is 5.91 Å². The molecule has 1 unspecified atom stereocenters. The lowest BCUT2D eigenvalue weighted by Crippen LogP contribution is -2.22. The molecule has 1 amide bonds. The first kappa shape index (κ1) is 15.0. The van der Waals surface area contributed by atoms with Gasteiger partial charge in [-0.15, -0.1) is 0 Å². The van der Waals surface area contributed by atoms with Crippen LogP contribution in [0.2, 0.25) is 0 Å². The maximum atomic E-state index is 12.2. The molecule has 1 atom stereocenters. The second-order valence-electron chi connectivity index (χ2n) is 4.75. The summed E-state index contributed by atoms with van der Waals surface area (Å²) in [6.07, 6.45) is 0. The van der Waals surface area contributed by atoms with Gasteiger partial charge in [-0.1, -0.05) is 31.2 Å². The number of aromatic amines is 1. The lowest BCUT2D eigenvalue weighted by atomic mass is 10.1. The van der Waals surface area contributed by atoms with Crippen LogP contribution in [0.15, 0.2) is 47.3 Å². The smallest absolute Gasteiger partial charge is 0.272 e. The average molecular weight is 285 g/mol. The first-order valence-electron chi connectivity index (χ1n) is 6.94. The van der Waals surface area contributed by atoms with Crippen molar-refractivity contribution in [3.05, 3.63) is 64.1 Å². The van der Waals surface area contributed by atoms with Gasteiger partial charge in [0.1, 0.15) is 5.69 Å². The molecule has 21 heavy (non-hydrogen) atoms. The summed E-state index contributed by atoms with van der Waals surface area (Å²) in [4.78, 5) is 26.0. The summed E-state index contributed by atoms with van der Waals surface area (Å²) in [5, 5.41) is 6.16. The molecule has 5 nitrogen and oxygen atoms in total. The highest BCUT2D eigenvalue weighted by atomic mass is 16.2. The van der Waals surface area contributed by atoms with Crippen LogP contribution in [0, 0.1) is 0 Å². The van der Waals surface area contributed by atoms with Gasteiger partial charge in [0, 0.05) is 17.8 Å². The van der Waals surface area contributed by atoms with Crippen molar-refractivity contribution < 1.29 is 4.79 Å². The van der Waals surface area contributed by atoms with Gasteiger partial charge in [-0.25, -0.2) is 0 Å². The van der Waals surface area contributed by atoms with Gasteiger partial charge in [0.15, 0.2) is 0 Å². The number of hydrogen-bond acceptors (Lipinski definition) is 3. The zero-order valence-electron chi connectivity index (χ0n) is 12.1. The SMILES string of the molecule is CCNC(C)c1ccccc1NC(=O)c1cccc(=O)[nH]1. The van der Waals surface area contributed by atoms with E-state index < -0.39 is 0 Å². The molecule has 0 radical (unpaired) electrons. The molecule has 3 N–H and O–H groups in total. The molecule has 1 aromatic carbocycles. The van der Waals surface area contributed by atoms with Crippen LogP contribution in [0.4, 0.5) is 5.69 Å². The van der Waals surface area contributed by atoms with Crippen molar-refractivity contribution in [2.75, 3.05) is 11.9 Å². The molecule has 0 aliphatic carbocycles. The molecule has 2 aromatic rings. The van der Waals surface area contributed by atoms with E-state index in [9.17, 15) is 9.59 Å². The average Bonchev–Trinajstić information content (AvgIpc) is 2.48. The number of aromatic nitrogens is 1. The van der Waals surface area contributed by atoms with Crippen LogP contribution in [-0.2, 0) is 0 Å². The van der Waals surface area contributed by atoms with Crippen LogP contribution in [0.1, 0.15) is 35.9 Å². The van der Waals surface area contributed by atoms with Gasteiger partial charge in [-0.3, -0.25) is 9.59 Å². The predicted molar refractivity (Wildman–Crippen MR) is 83.5 cm³/mol. The van der Waals surface area contributed by atoms with Crippen molar-refractivity contribution in [3.8, 4) is 0 Å². The quantitative estimate of drug-likeness (QED) is 0.789. The Labute approximate surface area is 123 Å². The summed E-state index contributed by atoms with van der Waals surface area (Å²) < 4.78 is 0. The number of anilines is 1. The van der Waals surface area contributed by atoms with Crippen LogP contribution in [0.25, 0.3) is 0 Å². The fourth-order valence-electron chi connectivity index (χ4n) is 2.17. The van der Waals surface area contributed by atoms with Crippen molar-refractivity contribution in [2.24, 2.45) is 0 Å². The van der Waals surface area contributed by atoms with Crippen molar-refractivity contribution >= 4 is 11.6 Å². The largest absolute Gasteiger partial charge is 0.320 e. The first-order valence-corrected chi connectivity index (χ1v) is 6.94. The van der Waals surface area contributed by atoms with Gasteiger partial charge in [0.2, 0.25) is 5.56 Å². The number of H-pyrrole nitrogens is 1. The second-order valence-corrected chi connectivity index (χ2v) is 4.75. The number of carbonyl (C=O) groups excluding carboxylic acids is 1. The van der Waals surface area contributed by atoms with Crippen LogP contribution in [0.3, 0.4) is 0 Å². The van der Waals surface area contributed by atoms with E-state index in [1.807, 2.05) is 38.1 Å². The van der Waals surface area contributed by atoms with E-state index in [0.717, 1.165) is 17.8 Å². The molecule has 2 rings (SSSR count). The minimum Gasteiger partial charge on any atom is -0.320 e. The zero-order valence-corrected chi connectivity index (χ0v) is 12.1. The standard InChI is InChI=1S/C16H19N3O2/c1-3-17-11(2)12-7-4-5-8-13(12)19-16(21)14-9-6-10-15(20)18-14/h4-11,17H,3H2,1-2H3,(H,18,20)(H,19,21). The van der Waals surface area contributed by atoms with Crippen LogP contribution < -0.4 is 16.2 Å². The monoisotopic (exact) mass is 285 g/mol. The Balaban J connectivity index is 2.23. The van der Waals surface area contributed by atoms with Gasteiger partial charge >= 0.3 is 0 Å². The molecule has 0 saturated heterocycles. The maximum Gasteiger partial charge on any atom is 0.272 e. The van der Waals surface area contributed by atoms with Crippen LogP contribution in [-0.4, -0.2) is 17.4 Å². The zero-order chi connectivity index (χ0) is 15.2. The minimum absolute atomic E-state index is 0.126. The molecular weight excluding hydrogens is 266 g/mol. The van der Waals surface area contributed by atoms with Gasteiger partial charge in [0.05, 0.1) is 0 Å². The molecule has 0 aliphatic heterocycles. The van der Waals surface area contributed by atoms with Crippen LogP contribution >= 0.6 is 0 Å². The third kappa shape index (κ3) is 3.79. The molecule has 0 saturated carbocycles. The number of amides is 1. The number of nitrogens with one attached hydrogen (secondary N) is 3. The third-order valence-corrected chi connectivity index (χ3v) is 3.20. The van der Waals surface area contributed by atoms with E-state index in [-0.39, 0.29) is 23.2 Å². The Hall–Kier alpha value is -2.40. The second kappa shape index (κ2) is 6.85. The van der Waals surface area contributed by atoms with Gasteiger partial charge < -0.3 is 15.6 Å². The lowest BCUT2D eigenvalue weighted by Gasteiger charge is -2.17. The van der Waals surface area contributed by atoms with E-state index in [1.165, 1.54) is 6.07 Å². The maximum absolute atomic E-state index is 12.2. The van der Waals surface area contributed by atoms with E-state index in [0.29, 0.717) is 0 Å². The Morgan fingerprint density at radius 1 is 1.19 bits per heavy atom. The molecular formula is C16H19N3O2. The van der Waals surface area contributed by atoms with Gasteiger partial charge in [-0.05, 0) is 31.2 Å². The normalized spacial score (nSPS) is 11.9. The Morgan fingerprint density at radius 2 is 1.95 bits per heavy atom. The molecule has 110 valence electrons. The van der Waals surface area contributed by atoms with Crippen molar-refractivity contribution in [1.82, 2.24) is 10.3 Å². The minimum atomic E-state index is -0.330. The number of hydrogen-bond donors (Lipinski definition) is 3. The van der Waals surface area contributed by atoms with Crippen molar-refractivity contribution in [3.63, 3.8) is 0 Å². The topological polar surface area (TPSA) is 74.0 Å². The molecule has 1 heterocycles. The highest BCUT2D eigenvalue weighted by Gasteiger charge is 2.12. The number of para-hydroxylation sites is 1. The Kier molecular flexibility index (Phi) is 4.90. The molecule has 0 bridgehead atoms. The van der Waals surface area contributed by atoms with E-state index >= 15 is 0 Å². The molecule has 0 fully saturated rings. The summed E-state index contributed by atoms with van der Waals surface area (Å²) in [5.74, 6) is -0.330. The highest BCUT2D eigenvalue weighted by molar-refractivity contribution is 6.03. The summed E-state index contributed by atoms with van der Waals surface area (Å²) in [6, 6.07) is 12.3. The molecule has 5 heteroatoms. The molecule has 0 spiro atoms. The Morgan fingerprint density at radius 3 is 2.67 bits per heavy atom. The molecule has 0 aliphatic rings. The third-order valence-electron chi connectivity index (χ3n) is 3.20. The van der Waals surface area contributed by atoms with Crippen LogP contribution in [0.5, 0.6) is 0 Å². The fourth-order valence-corrected chi connectivity index (χ4v) is 2.17. The summed E-state index contributed by atoms with van der Waals surface area (Å²) in [5.41, 5.74) is 1.69. The van der Waals surface area contributed by atoms with E-state index in [2.05, 4.69) is 15.6 Å². The number of rotatable bonds is 5. The van der Waals surface area contributed by atoms with Gasteiger partial charge in [-0.2, -0.15) is 0 Å². The van der Waals surface area contributed by atoms with E-state index in [1.54, 1.807) is 12.1 Å². The number of carbonyl (C=O) groups is 1.